The molecule has 0 saturated heterocycles. The number of carbonyl (C=O) groups is 1. The third-order valence-corrected chi connectivity index (χ3v) is 2.81. The quantitative estimate of drug-likeness (QED) is 0.194. The summed E-state index contributed by atoms with van der Waals surface area (Å²) in [4.78, 5) is 11.1. The summed E-state index contributed by atoms with van der Waals surface area (Å²) < 4.78 is 31.4. The van der Waals surface area contributed by atoms with Crippen molar-refractivity contribution in [3.05, 3.63) is 0 Å². The molecule has 7 nitrogen and oxygen atoms in total. The monoisotopic (exact) mass is 370 g/mol. The first-order chi connectivity index (χ1) is 11.8. The maximum Gasteiger partial charge on any atom is 0.305 e. The molecule has 0 rings (SSSR count). The van der Waals surface area contributed by atoms with Gasteiger partial charge in [-0.05, 0) is 6.42 Å². The average Bonchev–Trinajstić information content (AvgIpc) is 2.58. The summed E-state index contributed by atoms with van der Waals surface area (Å²) >= 11 is 5.47. The molecule has 0 aromatic carbocycles. The van der Waals surface area contributed by atoms with Gasteiger partial charge in [0.15, 0.2) is 0 Å². The number of carbonyl (C=O) groups excluding carboxylic acids is 1. The molecule has 0 bridgehead atoms. The molecule has 0 saturated carbocycles. The fourth-order valence-corrected chi connectivity index (χ4v) is 1.64. The van der Waals surface area contributed by atoms with Crippen LogP contribution in [0, 0.1) is 0 Å². The molecule has 0 radical (unpaired) electrons. The second-order valence-electron chi connectivity index (χ2n) is 4.72. The molecule has 144 valence electrons. The first-order valence-corrected chi connectivity index (χ1v) is 8.95. The van der Waals surface area contributed by atoms with Crippen LogP contribution in [0.5, 0.6) is 0 Å². The molecule has 0 aromatic heterocycles. The summed E-state index contributed by atoms with van der Waals surface area (Å²) in [7, 11) is 0. The SMILES string of the molecule is CCCC(=O)OCCOCCOCCOCCOCCOCCCl. The van der Waals surface area contributed by atoms with E-state index in [1.807, 2.05) is 6.92 Å². The Balaban J connectivity index is 3.01. The van der Waals surface area contributed by atoms with Gasteiger partial charge in [-0.3, -0.25) is 4.79 Å². The normalized spacial score (nSPS) is 10.9. The van der Waals surface area contributed by atoms with E-state index >= 15 is 0 Å². The number of alkyl halides is 1. The van der Waals surface area contributed by atoms with Crippen LogP contribution in [0.4, 0.5) is 0 Å². The van der Waals surface area contributed by atoms with Gasteiger partial charge < -0.3 is 28.4 Å². The van der Waals surface area contributed by atoms with Crippen LogP contribution in [-0.2, 0) is 33.2 Å². The number of esters is 1. The van der Waals surface area contributed by atoms with Crippen LogP contribution in [0.2, 0.25) is 0 Å². The van der Waals surface area contributed by atoms with Crippen LogP contribution in [0.15, 0.2) is 0 Å². The molecule has 8 heteroatoms. The summed E-state index contributed by atoms with van der Waals surface area (Å²) in [6.07, 6.45) is 1.25. The van der Waals surface area contributed by atoms with E-state index in [2.05, 4.69) is 0 Å². The Labute approximate surface area is 149 Å². The Kier molecular flexibility index (Phi) is 20.2. The Morgan fingerprint density at radius 3 is 1.42 bits per heavy atom. The number of halogens is 1. The van der Waals surface area contributed by atoms with Crippen molar-refractivity contribution in [1.82, 2.24) is 0 Å². The minimum atomic E-state index is -0.179. The van der Waals surface area contributed by atoms with Gasteiger partial charge in [0.05, 0.1) is 66.1 Å². The summed E-state index contributed by atoms with van der Waals surface area (Å²) in [6, 6.07) is 0. The third kappa shape index (κ3) is 19.6. The molecule has 0 amide bonds. The Morgan fingerprint density at radius 1 is 0.667 bits per heavy atom. The Hall–Kier alpha value is -0.440. The Morgan fingerprint density at radius 2 is 1.04 bits per heavy atom. The van der Waals surface area contributed by atoms with Crippen molar-refractivity contribution in [2.45, 2.75) is 19.8 Å². The highest BCUT2D eigenvalue weighted by molar-refractivity contribution is 6.17. The molecule has 0 aliphatic heterocycles. The van der Waals surface area contributed by atoms with Gasteiger partial charge in [0, 0.05) is 12.3 Å². The highest BCUT2D eigenvalue weighted by atomic mass is 35.5. The number of rotatable bonds is 19. The van der Waals surface area contributed by atoms with E-state index in [9.17, 15) is 4.79 Å². The molecule has 0 unspecified atom stereocenters. The van der Waals surface area contributed by atoms with Crippen molar-refractivity contribution in [3.63, 3.8) is 0 Å². The van der Waals surface area contributed by atoms with E-state index in [0.29, 0.717) is 85.0 Å². The maximum absolute atomic E-state index is 11.1. The summed E-state index contributed by atoms with van der Waals surface area (Å²) in [5, 5.41) is 0. The lowest BCUT2D eigenvalue weighted by atomic mass is 10.3. The molecule has 0 aromatic rings. The molecule has 0 N–H and O–H groups in total. The molecule has 0 atom stereocenters. The second-order valence-corrected chi connectivity index (χ2v) is 5.10. The van der Waals surface area contributed by atoms with E-state index in [-0.39, 0.29) is 5.97 Å². The fraction of sp³-hybridized carbons (Fsp3) is 0.938. The first kappa shape index (κ1) is 23.6. The van der Waals surface area contributed by atoms with Crippen LogP contribution in [0.25, 0.3) is 0 Å². The lowest BCUT2D eigenvalue weighted by Gasteiger charge is -2.08. The van der Waals surface area contributed by atoms with E-state index in [1.165, 1.54) is 0 Å². The summed E-state index contributed by atoms with van der Waals surface area (Å²) in [5.74, 6) is 0.321. The first-order valence-electron chi connectivity index (χ1n) is 8.41. The van der Waals surface area contributed by atoms with E-state index < -0.39 is 0 Å². The van der Waals surface area contributed by atoms with Crippen molar-refractivity contribution in [1.29, 1.82) is 0 Å². The van der Waals surface area contributed by atoms with Gasteiger partial charge in [0.25, 0.3) is 0 Å². The predicted molar refractivity (Wildman–Crippen MR) is 90.7 cm³/mol. The summed E-state index contributed by atoms with van der Waals surface area (Å²) in [6.45, 7) is 7.29. The van der Waals surface area contributed by atoms with Gasteiger partial charge in [-0.25, -0.2) is 0 Å². The highest BCUT2D eigenvalue weighted by Crippen LogP contribution is 1.91. The molecular weight excluding hydrogens is 340 g/mol. The van der Waals surface area contributed by atoms with Crippen LogP contribution in [0.3, 0.4) is 0 Å². The van der Waals surface area contributed by atoms with Crippen molar-refractivity contribution in [2.75, 3.05) is 78.6 Å². The van der Waals surface area contributed by atoms with Crippen molar-refractivity contribution in [3.8, 4) is 0 Å². The standard InChI is InChI=1S/C16H31ClO7/c1-2-3-16(18)24-15-14-23-13-12-22-11-10-21-9-8-20-7-6-19-5-4-17/h2-15H2,1H3. The number of ether oxygens (including phenoxy) is 6. The van der Waals surface area contributed by atoms with Crippen molar-refractivity contribution in [2.24, 2.45) is 0 Å². The van der Waals surface area contributed by atoms with E-state index in [4.69, 9.17) is 40.0 Å². The molecule has 0 aliphatic carbocycles. The van der Waals surface area contributed by atoms with Gasteiger partial charge in [0.2, 0.25) is 0 Å². The molecule has 0 aliphatic rings. The minimum absolute atomic E-state index is 0.179. The Bertz CT molecular complexity index is 267. The minimum Gasteiger partial charge on any atom is -0.463 e. The lowest BCUT2D eigenvalue weighted by Crippen LogP contribution is -2.15. The molecule has 0 heterocycles. The smallest absolute Gasteiger partial charge is 0.305 e. The van der Waals surface area contributed by atoms with E-state index in [0.717, 1.165) is 6.42 Å². The average molecular weight is 371 g/mol. The summed E-state index contributed by atoms with van der Waals surface area (Å²) in [5.41, 5.74) is 0. The zero-order valence-electron chi connectivity index (χ0n) is 14.6. The van der Waals surface area contributed by atoms with Crippen molar-refractivity contribution >= 4 is 17.6 Å². The molecule has 0 spiro atoms. The van der Waals surface area contributed by atoms with Gasteiger partial charge in [0.1, 0.15) is 6.61 Å². The predicted octanol–water partition coefficient (Wildman–Crippen LogP) is 1.65. The highest BCUT2D eigenvalue weighted by Gasteiger charge is 1.99. The van der Waals surface area contributed by atoms with Gasteiger partial charge >= 0.3 is 5.97 Å². The molecule has 0 fully saturated rings. The topological polar surface area (TPSA) is 72.5 Å². The van der Waals surface area contributed by atoms with Gasteiger partial charge in [-0.1, -0.05) is 6.92 Å². The third-order valence-electron chi connectivity index (χ3n) is 2.65. The van der Waals surface area contributed by atoms with Gasteiger partial charge in [-0.15, -0.1) is 11.6 Å². The van der Waals surface area contributed by atoms with Gasteiger partial charge in [-0.2, -0.15) is 0 Å². The van der Waals surface area contributed by atoms with Crippen molar-refractivity contribution < 1.29 is 33.2 Å². The molecule has 24 heavy (non-hydrogen) atoms. The molecular formula is C16H31ClO7. The van der Waals surface area contributed by atoms with E-state index in [1.54, 1.807) is 0 Å². The lowest BCUT2D eigenvalue weighted by molar-refractivity contribution is -0.145. The second kappa shape index (κ2) is 20.6. The van der Waals surface area contributed by atoms with Crippen LogP contribution in [0.1, 0.15) is 19.8 Å². The zero-order valence-corrected chi connectivity index (χ0v) is 15.4. The fourth-order valence-electron chi connectivity index (χ4n) is 1.53. The van der Waals surface area contributed by atoms with Crippen LogP contribution < -0.4 is 0 Å². The number of hydrogen-bond acceptors (Lipinski definition) is 7. The number of hydrogen-bond donors (Lipinski definition) is 0. The maximum atomic E-state index is 11.1. The zero-order chi connectivity index (χ0) is 17.7. The van der Waals surface area contributed by atoms with Crippen LogP contribution >= 0.6 is 11.6 Å². The van der Waals surface area contributed by atoms with Crippen LogP contribution in [-0.4, -0.2) is 84.5 Å². The largest absolute Gasteiger partial charge is 0.463 e.